The van der Waals surface area contributed by atoms with E-state index in [2.05, 4.69) is 4.90 Å². The number of aliphatic hydroxyl groups is 3. The summed E-state index contributed by atoms with van der Waals surface area (Å²) in [6.07, 6.45) is -5.09. The van der Waals surface area contributed by atoms with E-state index in [0.29, 0.717) is 31.3 Å². The number of benzene rings is 1. The highest BCUT2D eigenvalue weighted by atomic mass is 16.7. The number of carbonyl (C=O) groups is 2. The van der Waals surface area contributed by atoms with E-state index in [1.54, 1.807) is 13.0 Å². The molecule has 33 heavy (non-hydrogen) atoms. The SMILES string of the molecule is CC(=O)N1CCN2CC3CCCC3c3c(OC4OC(C(=O)O)C(O)C(O)C4O)ccc(c32)C1. The van der Waals surface area contributed by atoms with Crippen LogP contribution in [-0.4, -0.2) is 87.5 Å². The van der Waals surface area contributed by atoms with Gasteiger partial charge in [0.05, 0.1) is 0 Å². The third-order valence-electron chi connectivity index (χ3n) is 7.56. The maximum Gasteiger partial charge on any atom is 0.335 e. The van der Waals surface area contributed by atoms with Crippen molar-refractivity contribution in [1.29, 1.82) is 0 Å². The van der Waals surface area contributed by atoms with Gasteiger partial charge in [-0.1, -0.05) is 12.5 Å². The van der Waals surface area contributed by atoms with Crippen molar-refractivity contribution in [3.8, 4) is 5.75 Å². The van der Waals surface area contributed by atoms with Gasteiger partial charge in [-0.05, 0) is 36.3 Å². The van der Waals surface area contributed by atoms with Crippen LogP contribution in [0.5, 0.6) is 5.75 Å². The summed E-state index contributed by atoms with van der Waals surface area (Å²) in [4.78, 5) is 27.7. The van der Waals surface area contributed by atoms with Gasteiger partial charge < -0.3 is 39.7 Å². The molecule has 1 aromatic rings. The average Bonchev–Trinajstić information content (AvgIpc) is 3.17. The molecule has 1 amide bonds. The summed E-state index contributed by atoms with van der Waals surface area (Å²) in [5, 5.41) is 40.0. The number of hydrogen-bond acceptors (Lipinski definition) is 8. The van der Waals surface area contributed by atoms with E-state index in [4.69, 9.17) is 9.47 Å². The molecule has 1 aliphatic carbocycles. The molecule has 4 N–H and O–H groups in total. The molecule has 1 saturated carbocycles. The Morgan fingerprint density at radius 1 is 1.09 bits per heavy atom. The highest BCUT2D eigenvalue weighted by Crippen LogP contribution is 2.53. The second-order valence-corrected chi connectivity index (χ2v) is 9.52. The van der Waals surface area contributed by atoms with Gasteiger partial charge in [-0.25, -0.2) is 4.79 Å². The Labute approximate surface area is 191 Å². The summed E-state index contributed by atoms with van der Waals surface area (Å²) in [5.41, 5.74) is 3.06. The zero-order valence-electron chi connectivity index (χ0n) is 18.5. The normalized spacial score (nSPS) is 35.5. The molecule has 1 aromatic carbocycles. The molecule has 0 bridgehead atoms. The van der Waals surface area contributed by atoms with Crippen LogP contribution in [0.4, 0.5) is 5.69 Å². The molecule has 4 aliphatic rings. The zero-order chi connectivity index (χ0) is 23.4. The van der Waals surface area contributed by atoms with Crippen LogP contribution in [0.3, 0.4) is 0 Å². The zero-order valence-corrected chi connectivity index (χ0v) is 18.5. The molecule has 180 valence electrons. The predicted molar refractivity (Wildman–Crippen MR) is 115 cm³/mol. The quantitative estimate of drug-likeness (QED) is 0.489. The summed E-state index contributed by atoms with van der Waals surface area (Å²) in [6.45, 7) is 4.32. The van der Waals surface area contributed by atoms with Gasteiger partial charge in [-0.3, -0.25) is 4.79 Å². The topological polar surface area (TPSA) is 140 Å². The Bertz CT molecular complexity index is 955. The van der Waals surface area contributed by atoms with Crippen molar-refractivity contribution >= 4 is 17.6 Å². The van der Waals surface area contributed by atoms with Crippen LogP contribution in [-0.2, 0) is 20.9 Å². The van der Waals surface area contributed by atoms with E-state index in [1.807, 2.05) is 11.0 Å². The monoisotopic (exact) mass is 462 g/mol. The Balaban J connectivity index is 1.53. The number of aliphatic hydroxyl groups excluding tert-OH is 3. The van der Waals surface area contributed by atoms with E-state index >= 15 is 0 Å². The van der Waals surface area contributed by atoms with Crippen molar-refractivity contribution in [1.82, 2.24) is 4.90 Å². The number of hydrogen-bond donors (Lipinski definition) is 4. The molecule has 0 radical (unpaired) electrons. The fourth-order valence-electron chi connectivity index (χ4n) is 5.88. The summed E-state index contributed by atoms with van der Waals surface area (Å²) in [5.74, 6) is -0.257. The number of rotatable bonds is 3. The fourth-order valence-corrected chi connectivity index (χ4v) is 5.88. The van der Waals surface area contributed by atoms with Gasteiger partial charge in [0, 0.05) is 44.4 Å². The van der Waals surface area contributed by atoms with Crippen molar-refractivity contribution in [2.75, 3.05) is 24.5 Å². The largest absolute Gasteiger partial charge is 0.479 e. The maximum absolute atomic E-state index is 12.1. The summed E-state index contributed by atoms with van der Waals surface area (Å²) in [6, 6.07) is 3.67. The Hall–Kier alpha value is -2.40. The second kappa shape index (κ2) is 8.43. The number of ether oxygens (including phenoxy) is 2. The predicted octanol–water partition coefficient (Wildman–Crippen LogP) is 0.0234. The third kappa shape index (κ3) is 3.74. The molecule has 0 aromatic heterocycles. The van der Waals surface area contributed by atoms with Crippen LogP contribution in [0.15, 0.2) is 12.1 Å². The number of anilines is 1. The molecule has 3 aliphatic heterocycles. The molecular weight excluding hydrogens is 432 g/mol. The molecule has 7 atom stereocenters. The molecule has 10 nitrogen and oxygen atoms in total. The van der Waals surface area contributed by atoms with Crippen LogP contribution in [0, 0.1) is 5.92 Å². The molecule has 10 heteroatoms. The fraction of sp³-hybridized carbons (Fsp3) is 0.652. The minimum Gasteiger partial charge on any atom is -0.479 e. The second-order valence-electron chi connectivity index (χ2n) is 9.52. The number of aliphatic carboxylic acids is 1. The van der Waals surface area contributed by atoms with Gasteiger partial charge in [0.1, 0.15) is 24.1 Å². The minimum absolute atomic E-state index is 0.0232. The number of fused-ring (bicyclic) bond motifs is 2. The Morgan fingerprint density at radius 3 is 2.61 bits per heavy atom. The number of carbonyl (C=O) groups excluding carboxylic acids is 1. The molecule has 2 fully saturated rings. The lowest BCUT2D eigenvalue weighted by Gasteiger charge is -2.42. The van der Waals surface area contributed by atoms with E-state index in [9.17, 15) is 30.0 Å². The van der Waals surface area contributed by atoms with Crippen LogP contribution >= 0.6 is 0 Å². The van der Waals surface area contributed by atoms with Crippen molar-refractivity contribution < 1.29 is 39.5 Å². The number of carboxylic acids is 1. The third-order valence-corrected chi connectivity index (χ3v) is 7.56. The van der Waals surface area contributed by atoms with Crippen LogP contribution < -0.4 is 9.64 Å². The molecule has 0 spiro atoms. The van der Waals surface area contributed by atoms with Gasteiger partial charge in [-0.15, -0.1) is 0 Å². The van der Waals surface area contributed by atoms with Crippen molar-refractivity contribution in [3.05, 3.63) is 23.3 Å². The average molecular weight is 462 g/mol. The Morgan fingerprint density at radius 2 is 1.88 bits per heavy atom. The minimum atomic E-state index is -1.77. The smallest absolute Gasteiger partial charge is 0.335 e. The van der Waals surface area contributed by atoms with Crippen molar-refractivity contribution in [2.45, 2.75) is 69.4 Å². The van der Waals surface area contributed by atoms with Gasteiger partial charge in [0.2, 0.25) is 12.2 Å². The number of nitrogens with zero attached hydrogens (tertiary/aromatic N) is 2. The van der Waals surface area contributed by atoms with Gasteiger partial charge in [0.15, 0.2) is 6.10 Å². The molecular formula is C23H30N2O8. The van der Waals surface area contributed by atoms with Crippen molar-refractivity contribution in [2.24, 2.45) is 5.92 Å². The number of carboxylic acid groups (broad SMARTS) is 1. The van der Waals surface area contributed by atoms with E-state index in [-0.39, 0.29) is 11.8 Å². The molecule has 5 rings (SSSR count). The lowest BCUT2D eigenvalue weighted by molar-refractivity contribution is -0.271. The Kier molecular flexibility index (Phi) is 5.72. The lowest BCUT2D eigenvalue weighted by atomic mass is 9.81. The highest BCUT2D eigenvalue weighted by molar-refractivity contribution is 5.75. The van der Waals surface area contributed by atoms with E-state index in [0.717, 1.165) is 42.6 Å². The summed E-state index contributed by atoms with van der Waals surface area (Å²) >= 11 is 0. The molecule has 1 saturated heterocycles. The van der Waals surface area contributed by atoms with E-state index in [1.165, 1.54) is 0 Å². The van der Waals surface area contributed by atoms with Crippen LogP contribution in [0.1, 0.15) is 43.2 Å². The summed E-state index contributed by atoms with van der Waals surface area (Å²) < 4.78 is 11.4. The van der Waals surface area contributed by atoms with Gasteiger partial charge in [0.25, 0.3) is 0 Å². The summed E-state index contributed by atoms with van der Waals surface area (Å²) in [7, 11) is 0. The first-order valence-corrected chi connectivity index (χ1v) is 11.5. The van der Waals surface area contributed by atoms with Crippen LogP contribution in [0.2, 0.25) is 0 Å². The van der Waals surface area contributed by atoms with Crippen LogP contribution in [0.25, 0.3) is 0 Å². The van der Waals surface area contributed by atoms with Gasteiger partial charge >= 0.3 is 5.97 Å². The van der Waals surface area contributed by atoms with Crippen molar-refractivity contribution in [3.63, 3.8) is 0 Å². The first-order valence-electron chi connectivity index (χ1n) is 11.5. The maximum atomic E-state index is 12.1. The molecule has 7 unspecified atom stereocenters. The number of amides is 1. The van der Waals surface area contributed by atoms with E-state index < -0.39 is 36.7 Å². The first kappa shape index (κ1) is 22.4. The highest BCUT2D eigenvalue weighted by Gasteiger charge is 2.49. The standard InChI is InChI=1S/C23H30N2O8/c1-11(26)24-7-8-25-9-12-3-2-4-14(12)16-15(6-5-13(10-24)17(16)25)32-23-20(29)18(27)19(28)21(33-23)22(30)31/h5-6,12,14,18-21,23,27-29H,2-4,7-10H2,1H3,(H,30,31). The first-order chi connectivity index (χ1) is 15.8. The van der Waals surface area contributed by atoms with Gasteiger partial charge in [-0.2, -0.15) is 0 Å². The lowest BCUT2D eigenvalue weighted by Crippen LogP contribution is -2.61. The molecule has 3 heterocycles.